The minimum absolute atomic E-state index is 0.246. The number of ether oxygens (including phenoxy) is 2. The van der Waals surface area contributed by atoms with Crippen molar-refractivity contribution in [2.45, 2.75) is 33.2 Å². The number of carbonyl (C=O) groups excluding carboxylic acids is 2. The van der Waals surface area contributed by atoms with Crippen LogP contribution in [0.25, 0.3) is 5.57 Å². The Hall–Kier alpha value is -3.28. The summed E-state index contributed by atoms with van der Waals surface area (Å²) in [4.78, 5) is 27.5. The predicted molar refractivity (Wildman–Crippen MR) is 113 cm³/mol. The molecule has 1 aliphatic heterocycles. The fourth-order valence-electron chi connectivity index (χ4n) is 3.22. The number of imide groups is 1. The Kier molecular flexibility index (Phi) is 6.22. The number of anilines is 1. The van der Waals surface area contributed by atoms with Crippen LogP contribution in [0.3, 0.4) is 0 Å². The number of rotatable bonds is 8. The Morgan fingerprint density at radius 3 is 2.31 bits per heavy atom. The van der Waals surface area contributed by atoms with E-state index in [1.54, 1.807) is 31.4 Å². The lowest BCUT2D eigenvalue weighted by Gasteiger charge is -2.19. The third-order valence-corrected chi connectivity index (χ3v) is 4.61. The molecule has 0 saturated heterocycles. The number of nitrogens with zero attached hydrogens (tertiary/aromatic N) is 1. The summed E-state index contributed by atoms with van der Waals surface area (Å²) < 4.78 is 11.0. The highest BCUT2D eigenvalue weighted by atomic mass is 16.5. The summed E-state index contributed by atoms with van der Waals surface area (Å²) in [7, 11) is 1.56. The molecule has 1 heterocycles. The zero-order valence-corrected chi connectivity index (χ0v) is 17.2. The van der Waals surface area contributed by atoms with Crippen molar-refractivity contribution in [3.05, 3.63) is 59.8 Å². The van der Waals surface area contributed by atoms with E-state index in [9.17, 15) is 9.59 Å². The van der Waals surface area contributed by atoms with Gasteiger partial charge < -0.3 is 14.8 Å². The van der Waals surface area contributed by atoms with Crippen molar-refractivity contribution >= 4 is 23.1 Å². The van der Waals surface area contributed by atoms with Gasteiger partial charge in [-0.2, -0.15) is 0 Å². The molecule has 0 saturated carbocycles. The second-order valence-corrected chi connectivity index (χ2v) is 7.02. The maximum absolute atomic E-state index is 13.1. The number of hydrogen-bond acceptors (Lipinski definition) is 5. The summed E-state index contributed by atoms with van der Waals surface area (Å²) >= 11 is 0. The lowest BCUT2D eigenvalue weighted by Crippen LogP contribution is -2.38. The molecule has 6 nitrogen and oxygen atoms in total. The van der Waals surface area contributed by atoms with Crippen molar-refractivity contribution in [3.8, 4) is 11.5 Å². The number of amides is 2. The Morgan fingerprint density at radius 1 is 1.00 bits per heavy atom. The van der Waals surface area contributed by atoms with E-state index in [4.69, 9.17) is 9.47 Å². The molecule has 2 aromatic rings. The molecule has 0 radical (unpaired) electrons. The minimum Gasteiger partial charge on any atom is -0.495 e. The van der Waals surface area contributed by atoms with Crippen molar-refractivity contribution in [1.29, 1.82) is 0 Å². The first-order chi connectivity index (χ1) is 14.0. The average molecular weight is 394 g/mol. The maximum atomic E-state index is 13.1. The Labute approximate surface area is 171 Å². The lowest BCUT2D eigenvalue weighted by molar-refractivity contribution is -0.138. The SMILES string of the molecule is CCCOc1ccc(C2=C(Nc3ccccc3OC)C(=O)N(C(C)C)C2=O)cc1. The zero-order chi connectivity index (χ0) is 21.0. The molecule has 0 fully saturated rings. The number of benzene rings is 2. The molecular weight excluding hydrogens is 368 g/mol. The van der Waals surface area contributed by atoms with Crippen LogP contribution in [0.15, 0.2) is 54.2 Å². The molecular formula is C23H26N2O4. The minimum atomic E-state index is -0.350. The first-order valence-corrected chi connectivity index (χ1v) is 9.73. The van der Waals surface area contributed by atoms with Crippen LogP contribution < -0.4 is 14.8 Å². The zero-order valence-electron chi connectivity index (χ0n) is 17.2. The summed E-state index contributed by atoms with van der Waals surface area (Å²) in [6.45, 7) is 6.31. The van der Waals surface area contributed by atoms with Crippen LogP contribution in [-0.2, 0) is 9.59 Å². The van der Waals surface area contributed by atoms with Gasteiger partial charge in [-0.1, -0.05) is 31.2 Å². The van der Waals surface area contributed by atoms with Crippen LogP contribution >= 0.6 is 0 Å². The quantitative estimate of drug-likeness (QED) is 0.683. The topological polar surface area (TPSA) is 67.9 Å². The van der Waals surface area contributed by atoms with Gasteiger partial charge in [0.1, 0.15) is 17.2 Å². The van der Waals surface area contributed by atoms with Crippen LogP contribution in [0.5, 0.6) is 11.5 Å². The van der Waals surface area contributed by atoms with Crippen LogP contribution in [0.1, 0.15) is 32.8 Å². The molecule has 2 amide bonds. The first-order valence-electron chi connectivity index (χ1n) is 9.73. The van der Waals surface area contributed by atoms with Gasteiger partial charge in [-0.15, -0.1) is 0 Å². The smallest absolute Gasteiger partial charge is 0.278 e. The largest absolute Gasteiger partial charge is 0.495 e. The van der Waals surface area contributed by atoms with Gasteiger partial charge in [0.15, 0.2) is 0 Å². The molecule has 2 aromatic carbocycles. The molecule has 29 heavy (non-hydrogen) atoms. The van der Waals surface area contributed by atoms with E-state index in [-0.39, 0.29) is 23.6 Å². The molecule has 0 bridgehead atoms. The van der Waals surface area contributed by atoms with Gasteiger partial charge in [0.2, 0.25) is 0 Å². The fraction of sp³-hybridized carbons (Fsp3) is 0.304. The van der Waals surface area contributed by atoms with Gasteiger partial charge in [0.25, 0.3) is 11.8 Å². The molecule has 0 aromatic heterocycles. The van der Waals surface area contributed by atoms with Crippen LogP contribution in [0.2, 0.25) is 0 Å². The number of methoxy groups -OCH3 is 1. The second kappa shape index (κ2) is 8.82. The highest BCUT2D eigenvalue weighted by Gasteiger charge is 2.40. The normalized spacial score (nSPS) is 14.0. The highest BCUT2D eigenvalue weighted by Crippen LogP contribution is 2.34. The third-order valence-electron chi connectivity index (χ3n) is 4.61. The molecule has 1 aliphatic rings. The van der Waals surface area contributed by atoms with E-state index in [1.807, 2.05) is 45.0 Å². The Balaban J connectivity index is 2.04. The summed E-state index contributed by atoms with van der Waals surface area (Å²) in [6.07, 6.45) is 0.913. The first kappa shape index (κ1) is 20.5. The van der Waals surface area contributed by atoms with Gasteiger partial charge in [-0.25, -0.2) is 0 Å². The van der Waals surface area contributed by atoms with Crippen molar-refractivity contribution in [1.82, 2.24) is 4.90 Å². The van der Waals surface area contributed by atoms with E-state index in [2.05, 4.69) is 5.32 Å². The average Bonchev–Trinajstić information content (AvgIpc) is 2.97. The van der Waals surface area contributed by atoms with Gasteiger partial charge >= 0.3 is 0 Å². The van der Waals surface area contributed by atoms with Gasteiger partial charge in [-0.3, -0.25) is 14.5 Å². The molecule has 3 rings (SSSR count). The van der Waals surface area contributed by atoms with E-state index in [0.29, 0.717) is 29.2 Å². The molecule has 0 spiro atoms. The van der Waals surface area contributed by atoms with Gasteiger partial charge in [0.05, 0.1) is 25.0 Å². The standard InChI is InChI=1S/C23H26N2O4/c1-5-14-29-17-12-10-16(11-13-17)20-21(23(27)25(15(2)3)22(20)26)24-18-8-6-7-9-19(18)28-4/h6-13,15,24H,5,14H2,1-4H3. The fourth-order valence-corrected chi connectivity index (χ4v) is 3.22. The second-order valence-electron chi connectivity index (χ2n) is 7.02. The van der Waals surface area contributed by atoms with Crippen molar-refractivity contribution in [2.75, 3.05) is 19.0 Å². The van der Waals surface area contributed by atoms with Crippen LogP contribution in [-0.4, -0.2) is 36.5 Å². The van der Waals surface area contributed by atoms with Crippen molar-refractivity contribution < 1.29 is 19.1 Å². The summed E-state index contributed by atoms with van der Waals surface area (Å²) in [5, 5.41) is 3.13. The molecule has 152 valence electrons. The molecule has 0 aliphatic carbocycles. The van der Waals surface area contributed by atoms with E-state index in [0.717, 1.165) is 12.2 Å². The molecule has 0 unspecified atom stereocenters. The Bertz CT molecular complexity index is 932. The Morgan fingerprint density at radius 2 is 1.69 bits per heavy atom. The third kappa shape index (κ3) is 4.11. The van der Waals surface area contributed by atoms with E-state index in [1.165, 1.54) is 4.90 Å². The lowest BCUT2D eigenvalue weighted by atomic mass is 10.0. The highest BCUT2D eigenvalue weighted by molar-refractivity contribution is 6.36. The summed E-state index contributed by atoms with van der Waals surface area (Å²) in [5.74, 6) is 0.653. The molecule has 1 N–H and O–H groups in total. The number of carbonyl (C=O) groups is 2. The predicted octanol–water partition coefficient (Wildman–Crippen LogP) is 4.08. The number of para-hydroxylation sites is 2. The maximum Gasteiger partial charge on any atom is 0.278 e. The van der Waals surface area contributed by atoms with Crippen molar-refractivity contribution in [2.24, 2.45) is 0 Å². The van der Waals surface area contributed by atoms with Gasteiger partial charge in [0, 0.05) is 6.04 Å². The number of hydrogen-bond donors (Lipinski definition) is 1. The van der Waals surface area contributed by atoms with Crippen LogP contribution in [0.4, 0.5) is 5.69 Å². The summed E-state index contributed by atoms with van der Waals surface area (Å²) in [5.41, 5.74) is 1.87. The van der Waals surface area contributed by atoms with E-state index < -0.39 is 0 Å². The molecule has 6 heteroatoms. The number of nitrogens with one attached hydrogen (secondary N) is 1. The van der Waals surface area contributed by atoms with Crippen molar-refractivity contribution in [3.63, 3.8) is 0 Å². The van der Waals surface area contributed by atoms with Crippen LogP contribution in [0, 0.1) is 0 Å². The molecule has 0 atom stereocenters. The monoisotopic (exact) mass is 394 g/mol. The summed E-state index contributed by atoms with van der Waals surface area (Å²) in [6, 6.07) is 14.3. The van der Waals surface area contributed by atoms with E-state index >= 15 is 0 Å². The van der Waals surface area contributed by atoms with Gasteiger partial charge in [-0.05, 0) is 50.1 Å².